The number of halogens is 1. The van der Waals surface area contributed by atoms with E-state index in [-0.39, 0.29) is 5.83 Å². The van der Waals surface area contributed by atoms with Gasteiger partial charge in [-0.05, 0) is 22.4 Å². The molecule has 3 aromatic carbocycles. The lowest BCUT2D eigenvalue weighted by atomic mass is 10.0. The van der Waals surface area contributed by atoms with Gasteiger partial charge in [-0.2, -0.15) is 0 Å². The van der Waals surface area contributed by atoms with Gasteiger partial charge in [-0.3, -0.25) is 0 Å². The maximum Gasteiger partial charge on any atom is 0.131 e. The highest BCUT2D eigenvalue weighted by atomic mass is 19.1. The second kappa shape index (κ2) is 5.07. The fourth-order valence-electron chi connectivity index (χ4n) is 2.19. The number of rotatable bonds is 2. The lowest BCUT2D eigenvalue weighted by Gasteiger charge is -2.03. The van der Waals surface area contributed by atoms with E-state index in [1.807, 2.05) is 60.7 Å². The zero-order valence-electron chi connectivity index (χ0n) is 10.4. The first-order valence-electron chi connectivity index (χ1n) is 6.25. The summed E-state index contributed by atoms with van der Waals surface area (Å²) in [6, 6.07) is 23.0. The molecule has 1 heteroatoms. The Morgan fingerprint density at radius 1 is 0.737 bits per heavy atom. The zero-order chi connectivity index (χ0) is 13.1. The lowest BCUT2D eigenvalue weighted by molar-refractivity contribution is 0.765. The Balaban J connectivity index is 2.11. The number of hydrogen-bond acceptors (Lipinski definition) is 0. The summed E-state index contributed by atoms with van der Waals surface area (Å²) in [5, 5.41) is 2.19. The monoisotopic (exact) mass is 248 g/mol. The van der Waals surface area contributed by atoms with E-state index in [0.717, 1.165) is 16.3 Å². The highest BCUT2D eigenvalue weighted by molar-refractivity contribution is 5.94. The van der Waals surface area contributed by atoms with Crippen LogP contribution in [0.5, 0.6) is 0 Å². The summed E-state index contributed by atoms with van der Waals surface area (Å²) in [6.45, 7) is 0. The third-order valence-electron chi connectivity index (χ3n) is 3.16. The predicted molar refractivity (Wildman–Crippen MR) is 79.4 cm³/mol. The van der Waals surface area contributed by atoms with Crippen molar-refractivity contribution in [3.8, 4) is 0 Å². The first-order chi connectivity index (χ1) is 9.34. The molecule has 3 aromatic rings. The normalized spacial score (nSPS) is 11.7. The maximum absolute atomic E-state index is 14.2. The molecule has 0 saturated heterocycles. The summed E-state index contributed by atoms with van der Waals surface area (Å²) >= 11 is 0. The Kier molecular flexibility index (Phi) is 3.11. The standard InChI is InChI=1S/C18H13F/c19-18(15-8-2-1-3-9-15)13-16-11-6-10-14-7-4-5-12-17(14)16/h1-13H. The van der Waals surface area contributed by atoms with E-state index >= 15 is 0 Å². The first-order valence-corrected chi connectivity index (χ1v) is 6.25. The smallest absolute Gasteiger partial charge is 0.131 e. The van der Waals surface area contributed by atoms with Crippen LogP contribution in [0.25, 0.3) is 22.7 Å². The minimum absolute atomic E-state index is 0.211. The van der Waals surface area contributed by atoms with Gasteiger partial charge in [0.2, 0.25) is 0 Å². The van der Waals surface area contributed by atoms with Crippen molar-refractivity contribution in [2.75, 3.05) is 0 Å². The van der Waals surface area contributed by atoms with Crippen LogP contribution < -0.4 is 0 Å². The summed E-state index contributed by atoms with van der Waals surface area (Å²) < 4.78 is 14.2. The van der Waals surface area contributed by atoms with Gasteiger partial charge in [-0.15, -0.1) is 0 Å². The van der Waals surface area contributed by atoms with Crippen molar-refractivity contribution < 1.29 is 4.39 Å². The van der Waals surface area contributed by atoms with Crippen LogP contribution in [-0.4, -0.2) is 0 Å². The van der Waals surface area contributed by atoms with Crippen molar-refractivity contribution in [1.29, 1.82) is 0 Å². The number of hydrogen-bond donors (Lipinski definition) is 0. The van der Waals surface area contributed by atoms with Crippen molar-refractivity contribution in [1.82, 2.24) is 0 Å². The Morgan fingerprint density at radius 2 is 1.42 bits per heavy atom. The molecule has 0 unspecified atom stereocenters. The molecule has 0 amide bonds. The van der Waals surface area contributed by atoms with Crippen LogP contribution in [0, 0.1) is 0 Å². The van der Waals surface area contributed by atoms with Crippen LogP contribution in [-0.2, 0) is 0 Å². The topological polar surface area (TPSA) is 0 Å². The molecule has 0 aromatic heterocycles. The fraction of sp³-hybridized carbons (Fsp3) is 0. The van der Waals surface area contributed by atoms with Crippen LogP contribution in [0.15, 0.2) is 72.8 Å². The molecule has 0 radical (unpaired) electrons. The summed E-state index contributed by atoms with van der Waals surface area (Å²) in [7, 11) is 0. The van der Waals surface area contributed by atoms with Gasteiger partial charge in [-0.1, -0.05) is 72.8 Å². The van der Waals surface area contributed by atoms with E-state index in [1.54, 1.807) is 18.2 Å². The number of benzene rings is 3. The highest BCUT2D eigenvalue weighted by Crippen LogP contribution is 2.24. The first kappa shape index (κ1) is 11.7. The van der Waals surface area contributed by atoms with Gasteiger partial charge >= 0.3 is 0 Å². The quantitative estimate of drug-likeness (QED) is 0.539. The minimum atomic E-state index is -0.211. The SMILES string of the molecule is FC(=Cc1cccc2ccccc12)c1ccccc1. The van der Waals surface area contributed by atoms with E-state index in [2.05, 4.69) is 0 Å². The van der Waals surface area contributed by atoms with Crippen molar-refractivity contribution >= 4 is 22.7 Å². The van der Waals surface area contributed by atoms with Crippen molar-refractivity contribution in [2.45, 2.75) is 0 Å². The molecule has 0 bridgehead atoms. The van der Waals surface area contributed by atoms with Crippen molar-refractivity contribution in [3.63, 3.8) is 0 Å². The molecule has 0 N–H and O–H groups in total. The van der Waals surface area contributed by atoms with Gasteiger partial charge in [0.25, 0.3) is 0 Å². The van der Waals surface area contributed by atoms with E-state index in [0.29, 0.717) is 5.56 Å². The third-order valence-corrected chi connectivity index (χ3v) is 3.16. The zero-order valence-corrected chi connectivity index (χ0v) is 10.4. The van der Waals surface area contributed by atoms with Gasteiger partial charge in [0.1, 0.15) is 5.83 Å². The summed E-state index contributed by atoms with van der Waals surface area (Å²) in [5.74, 6) is -0.211. The Bertz CT molecular complexity index is 722. The molecule has 0 atom stereocenters. The molecule has 0 saturated carbocycles. The molecule has 0 spiro atoms. The van der Waals surface area contributed by atoms with Crippen LogP contribution in [0.2, 0.25) is 0 Å². The molecule has 19 heavy (non-hydrogen) atoms. The summed E-state index contributed by atoms with van der Waals surface area (Å²) in [5.41, 5.74) is 1.51. The van der Waals surface area contributed by atoms with E-state index in [1.165, 1.54) is 0 Å². The lowest BCUT2D eigenvalue weighted by Crippen LogP contribution is -1.80. The Morgan fingerprint density at radius 3 is 2.26 bits per heavy atom. The molecule has 3 rings (SSSR count). The van der Waals surface area contributed by atoms with Crippen LogP contribution in [0.1, 0.15) is 11.1 Å². The summed E-state index contributed by atoms with van der Waals surface area (Å²) in [4.78, 5) is 0. The molecule has 0 heterocycles. The molecule has 0 nitrogen and oxygen atoms in total. The fourth-order valence-corrected chi connectivity index (χ4v) is 2.19. The average Bonchev–Trinajstić information content (AvgIpc) is 2.48. The van der Waals surface area contributed by atoms with Crippen molar-refractivity contribution in [2.24, 2.45) is 0 Å². The van der Waals surface area contributed by atoms with E-state index in [4.69, 9.17) is 0 Å². The number of fused-ring (bicyclic) bond motifs is 1. The molecule has 92 valence electrons. The highest BCUT2D eigenvalue weighted by Gasteiger charge is 2.02. The summed E-state index contributed by atoms with van der Waals surface area (Å²) in [6.07, 6.45) is 1.59. The van der Waals surface area contributed by atoms with Crippen LogP contribution >= 0.6 is 0 Å². The average molecular weight is 248 g/mol. The Hall–Kier alpha value is -2.41. The minimum Gasteiger partial charge on any atom is -0.206 e. The predicted octanol–water partition coefficient (Wildman–Crippen LogP) is 5.31. The Labute approximate surface area is 111 Å². The van der Waals surface area contributed by atoms with Gasteiger partial charge in [0, 0.05) is 5.56 Å². The van der Waals surface area contributed by atoms with Crippen LogP contribution in [0.3, 0.4) is 0 Å². The third kappa shape index (κ3) is 2.41. The molecule has 0 fully saturated rings. The van der Waals surface area contributed by atoms with Crippen LogP contribution in [0.4, 0.5) is 4.39 Å². The van der Waals surface area contributed by atoms with E-state index < -0.39 is 0 Å². The molecular formula is C18H13F. The largest absolute Gasteiger partial charge is 0.206 e. The van der Waals surface area contributed by atoms with Gasteiger partial charge in [0.05, 0.1) is 0 Å². The molecule has 0 aliphatic heterocycles. The molecule has 0 aliphatic rings. The van der Waals surface area contributed by atoms with Gasteiger partial charge < -0.3 is 0 Å². The van der Waals surface area contributed by atoms with E-state index in [9.17, 15) is 4.39 Å². The molecule has 0 aliphatic carbocycles. The van der Waals surface area contributed by atoms with Gasteiger partial charge in [0.15, 0.2) is 0 Å². The van der Waals surface area contributed by atoms with Crippen molar-refractivity contribution in [3.05, 3.63) is 83.9 Å². The molecular weight excluding hydrogens is 235 g/mol. The van der Waals surface area contributed by atoms with Gasteiger partial charge in [-0.25, -0.2) is 4.39 Å². The second-order valence-corrected chi connectivity index (χ2v) is 4.43. The second-order valence-electron chi connectivity index (χ2n) is 4.43. The maximum atomic E-state index is 14.2.